The van der Waals surface area contributed by atoms with Crippen molar-refractivity contribution in [3.8, 4) is 0 Å². The molecule has 0 aromatic heterocycles. The lowest BCUT2D eigenvalue weighted by Gasteiger charge is -2.18. The average molecular weight is 286 g/mol. The first kappa shape index (κ1) is 13.7. The molecule has 0 fully saturated rings. The molecule has 90 valence electrons. The predicted molar refractivity (Wildman–Crippen MR) is 71.3 cm³/mol. The van der Waals surface area contributed by atoms with E-state index in [9.17, 15) is 0 Å². The van der Waals surface area contributed by atoms with Crippen LogP contribution in [0, 0.1) is 5.92 Å². The van der Waals surface area contributed by atoms with Crippen molar-refractivity contribution in [2.75, 3.05) is 13.2 Å². The Balaban J connectivity index is 2.57. The lowest BCUT2D eigenvalue weighted by Crippen LogP contribution is -2.17. The van der Waals surface area contributed by atoms with Crippen LogP contribution in [0.2, 0.25) is 0 Å². The summed E-state index contributed by atoms with van der Waals surface area (Å²) in [6, 6.07) is 8.07. The Kier molecular flexibility index (Phi) is 6.03. The van der Waals surface area contributed by atoms with Gasteiger partial charge in [-0.3, -0.25) is 0 Å². The molecule has 0 aliphatic rings. The maximum absolute atomic E-state index is 5.81. The monoisotopic (exact) mass is 285 g/mol. The van der Waals surface area contributed by atoms with Gasteiger partial charge in [0.1, 0.15) is 0 Å². The fourth-order valence-electron chi connectivity index (χ4n) is 1.47. The molecule has 1 rings (SSSR count). The van der Waals surface area contributed by atoms with Gasteiger partial charge in [-0.2, -0.15) is 0 Å². The zero-order valence-electron chi connectivity index (χ0n) is 9.95. The van der Waals surface area contributed by atoms with Crippen LogP contribution in [-0.2, 0) is 4.74 Å². The Labute approximate surface area is 106 Å². The summed E-state index contributed by atoms with van der Waals surface area (Å²) in [4.78, 5) is 0. The molecule has 0 bridgehead atoms. The van der Waals surface area contributed by atoms with Gasteiger partial charge in [-0.25, -0.2) is 0 Å². The number of ether oxygens (including phenoxy) is 1. The van der Waals surface area contributed by atoms with Gasteiger partial charge in [0.05, 0.1) is 6.10 Å². The van der Waals surface area contributed by atoms with E-state index in [1.54, 1.807) is 0 Å². The highest BCUT2D eigenvalue weighted by molar-refractivity contribution is 9.10. The molecule has 0 saturated carbocycles. The van der Waals surface area contributed by atoms with Gasteiger partial charge in [0, 0.05) is 17.6 Å². The summed E-state index contributed by atoms with van der Waals surface area (Å²) in [6.07, 6.45) is 1.07. The fourth-order valence-corrected chi connectivity index (χ4v) is 2.01. The second kappa shape index (κ2) is 7.05. The highest BCUT2D eigenvalue weighted by atomic mass is 79.9. The molecule has 0 spiro atoms. The molecule has 16 heavy (non-hydrogen) atoms. The fraction of sp³-hybridized carbons (Fsp3) is 0.538. The summed E-state index contributed by atoms with van der Waals surface area (Å²) < 4.78 is 6.88. The van der Waals surface area contributed by atoms with E-state index in [0.717, 1.165) is 23.1 Å². The van der Waals surface area contributed by atoms with Gasteiger partial charge in [-0.15, -0.1) is 0 Å². The number of halogens is 1. The highest BCUT2D eigenvalue weighted by Crippen LogP contribution is 2.25. The first-order valence-electron chi connectivity index (χ1n) is 5.71. The number of nitrogens with two attached hydrogens (primary N) is 1. The van der Waals surface area contributed by atoms with Crippen LogP contribution >= 0.6 is 15.9 Å². The van der Waals surface area contributed by atoms with E-state index in [2.05, 4.69) is 35.8 Å². The van der Waals surface area contributed by atoms with Crippen LogP contribution in [0.4, 0.5) is 0 Å². The maximum atomic E-state index is 5.81. The van der Waals surface area contributed by atoms with Crippen LogP contribution < -0.4 is 5.73 Å². The standard InChI is InChI=1S/C13H20BrNO/c1-10(2)7-8-16-13(9-15)11-5-3-4-6-12(11)14/h3-6,10,13H,7-9,15H2,1-2H3. The Bertz CT molecular complexity index is 315. The van der Waals surface area contributed by atoms with Gasteiger partial charge in [-0.05, 0) is 24.0 Å². The molecule has 0 aliphatic heterocycles. The third-order valence-electron chi connectivity index (χ3n) is 2.48. The minimum absolute atomic E-state index is 0.00525. The SMILES string of the molecule is CC(C)CCOC(CN)c1ccccc1Br. The minimum Gasteiger partial charge on any atom is -0.372 e. The van der Waals surface area contributed by atoms with Gasteiger partial charge in [0.2, 0.25) is 0 Å². The Hall–Kier alpha value is -0.380. The molecule has 1 aromatic rings. The molecule has 1 aromatic carbocycles. The van der Waals surface area contributed by atoms with Gasteiger partial charge in [-0.1, -0.05) is 48.0 Å². The Morgan fingerprint density at radius 3 is 2.56 bits per heavy atom. The summed E-state index contributed by atoms with van der Waals surface area (Å²) in [6.45, 7) is 5.67. The summed E-state index contributed by atoms with van der Waals surface area (Å²) in [5.41, 5.74) is 6.88. The molecule has 2 N–H and O–H groups in total. The molecule has 0 radical (unpaired) electrons. The first-order valence-corrected chi connectivity index (χ1v) is 6.50. The first-order chi connectivity index (χ1) is 7.65. The molecule has 0 amide bonds. The summed E-state index contributed by atoms with van der Waals surface area (Å²) in [5, 5.41) is 0. The second-order valence-corrected chi connectivity index (χ2v) is 5.15. The number of hydrogen-bond donors (Lipinski definition) is 1. The molecule has 0 aliphatic carbocycles. The summed E-state index contributed by atoms with van der Waals surface area (Å²) >= 11 is 3.52. The van der Waals surface area contributed by atoms with E-state index in [1.165, 1.54) is 0 Å². The molecule has 1 atom stereocenters. The summed E-state index contributed by atoms with van der Waals surface area (Å²) in [5.74, 6) is 0.664. The molecule has 3 heteroatoms. The van der Waals surface area contributed by atoms with Crippen molar-refractivity contribution in [1.82, 2.24) is 0 Å². The molecule has 0 saturated heterocycles. The smallest absolute Gasteiger partial charge is 0.0957 e. The molecular formula is C13H20BrNO. The van der Waals surface area contributed by atoms with Crippen LogP contribution in [0.1, 0.15) is 31.9 Å². The van der Waals surface area contributed by atoms with Gasteiger partial charge in [0.25, 0.3) is 0 Å². The highest BCUT2D eigenvalue weighted by Gasteiger charge is 2.12. The lowest BCUT2D eigenvalue weighted by atomic mass is 10.1. The number of rotatable bonds is 6. The van der Waals surface area contributed by atoms with Crippen LogP contribution in [0.25, 0.3) is 0 Å². The largest absolute Gasteiger partial charge is 0.372 e. The molecular weight excluding hydrogens is 266 g/mol. The Morgan fingerprint density at radius 1 is 1.31 bits per heavy atom. The van der Waals surface area contributed by atoms with Crippen molar-refractivity contribution in [3.05, 3.63) is 34.3 Å². The number of benzene rings is 1. The van der Waals surface area contributed by atoms with Crippen LogP contribution in [-0.4, -0.2) is 13.2 Å². The van der Waals surface area contributed by atoms with Crippen molar-refractivity contribution in [2.24, 2.45) is 11.7 Å². The van der Waals surface area contributed by atoms with E-state index in [4.69, 9.17) is 10.5 Å². The molecule has 2 nitrogen and oxygen atoms in total. The van der Waals surface area contributed by atoms with Crippen molar-refractivity contribution in [2.45, 2.75) is 26.4 Å². The lowest BCUT2D eigenvalue weighted by molar-refractivity contribution is 0.0511. The van der Waals surface area contributed by atoms with Gasteiger partial charge < -0.3 is 10.5 Å². The minimum atomic E-state index is -0.00525. The third kappa shape index (κ3) is 4.24. The van der Waals surface area contributed by atoms with Crippen molar-refractivity contribution < 1.29 is 4.74 Å². The summed E-state index contributed by atoms with van der Waals surface area (Å²) in [7, 11) is 0. The number of hydrogen-bond acceptors (Lipinski definition) is 2. The van der Waals surface area contributed by atoms with Crippen LogP contribution in [0.3, 0.4) is 0 Å². The van der Waals surface area contributed by atoms with Crippen molar-refractivity contribution >= 4 is 15.9 Å². The van der Waals surface area contributed by atoms with E-state index in [-0.39, 0.29) is 6.10 Å². The van der Waals surface area contributed by atoms with E-state index >= 15 is 0 Å². The molecule has 1 unspecified atom stereocenters. The van der Waals surface area contributed by atoms with Crippen molar-refractivity contribution in [1.29, 1.82) is 0 Å². The van der Waals surface area contributed by atoms with E-state index in [1.807, 2.05) is 18.2 Å². The second-order valence-electron chi connectivity index (χ2n) is 4.30. The molecule has 0 heterocycles. The van der Waals surface area contributed by atoms with Crippen molar-refractivity contribution in [3.63, 3.8) is 0 Å². The predicted octanol–water partition coefficient (Wildman–Crippen LogP) is 3.51. The Morgan fingerprint density at radius 2 is 2.00 bits per heavy atom. The van der Waals surface area contributed by atoms with Gasteiger partial charge in [0.15, 0.2) is 0 Å². The van der Waals surface area contributed by atoms with E-state index < -0.39 is 0 Å². The average Bonchev–Trinajstić information content (AvgIpc) is 2.25. The zero-order valence-corrected chi connectivity index (χ0v) is 11.5. The topological polar surface area (TPSA) is 35.2 Å². The third-order valence-corrected chi connectivity index (χ3v) is 3.20. The zero-order chi connectivity index (χ0) is 12.0. The quantitative estimate of drug-likeness (QED) is 0.868. The van der Waals surface area contributed by atoms with E-state index in [0.29, 0.717) is 12.5 Å². The maximum Gasteiger partial charge on any atom is 0.0957 e. The van der Waals surface area contributed by atoms with Crippen LogP contribution in [0.15, 0.2) is 28.7 Å². The van der Waals surface area contributed by atoms with Gasteiger partial charge >= 0.3 is 0 Å². The van der Waals surface area contributed by atoms with Crippen LogP contribution in [0.5, 0.6) is 0 Å². The normalized spacial score (nSPS) is 13.1.